The first-order chi connectivity index (χ1) is 11.2. The van der Waals surface area contributed by atoms with Crippen LogP contribution in [0.1, 0.15) is 13.0 Å². The Bertz CT molecular complexity index is 819. The highest BCUT2D eigenvalue weighted by Crippen LogP contribution is 2.28. The summed E-state index contributed by atoms with van der Waals surface area (Å²) in [6, 6.07) is 10.5. The number of methoxy groups -OCH3 is 1. The Morgan fingerprint density at radius 3 is 2.65 bits per heavy atom. The van der Waals surface area contributed by atoms with E-state index in [0.29, 0.717) is 6.61 Å². The van der Waals surface area contributed by atoms with Gasteiger partial charge in [0.15, 0.2) is 4.80 Å². The third kappa shape index (κ3) is 3.60. The molecule has 2 aromatic heterocycles. The van der Waals surface area contributed by atoms with Gasteiger partial charge in [0.1, 0.15) is 5.82 Å². The van der Waals surface area contributed by atoms with Gasteiger partial charge in [0.05, 0.1) is 28.9 Å². The van der Waals surface area contributed by atoms with Crippen LogP contribution in [0.2, 0.25) is 0 Å². The van der Waals surface area contributed by atoms with Gasteiger partial charge in [-0.1, -0.05) is 6.07 Å². The van der Waals surface area contributed by atoms with Gasteiger partial charge in [-0.3, -0.25) is 0 Å². The lowest BCUT2D eigenvalue weighted by atomic mass is 10.3. The second-order valence-electron chi connectivity index (χ2n) is 5.14. The Labute approximate surface area is 142 Å². The predicted octanol–water partition coefficient (Wildman–Crippen LogP) is 4.86. The standard InChI is InChI=1S/C17H17FN2OS2/c1-12(10-21-2)20-15(16-4-3-9-22-16)11-23-17(20)19-14-7-5-13(18)6-8-14/h3-9,11-12H,10H2,1-2H3/t12-/m1/s1. The molecule has 3 rings (SSSR count). The van der Waals surface area contributed by atoms with Crippen molar-refractivity contribution in [3.63, 3.8) is 0 Å². The number of hydrogen-bond donors (Lipinski definition) is 0. The van der Waals surface area contributed by atoms with Crippen LogP contribution in [0.25, 0.3) is 10.6 Å². The molecule has 23 heavy (non-hydrogen) atoms. The zero-order chi connectivity index (χ0) is 16.2. The fourth-order valence-electron chi connectivity index (χ4n) is 2.37. The molecule has 0 N–H and O–H groups in total. The van der Waals surface area contributed by atoms with Crippen LogP contribution in [0, 0.1) is 5.82 Å². The van der Waals surface area contributed by atoms with E-state index in [-0.39, 0.29) is 11.9 Å². The normalized spacial score (nSPS) is 13.4. The molecular weight excluding hydrogens is 331 g/mol. The molecule has 3 aromatic rings. The summed E-state index contributed by atoms with van der Waals surface area (Å²) in [5.41, 5.74) is 1.87. The first-order valence-corrected chi connectivity index (χ1v) is 8.98. The SMILES string of the molecule is COC[C@@H](C)n1c(-c2cccs2)csc1=Nc1ccc(F)cc1. The summed E-state index contributed by atoms with van der Waals surface area (Å²) in [7, 11) is 1.70. The second-order valence-corrected chi connectivity index (χ2v) is 6.93. The lowest BCUT2D eigenvalue weighted by molar-refractivity contribution is 0.162. The lowest BCUT2D eigenvalue weighted by Crippen LogP contribution is -2.22. The maximum absolute atomic E-state index is 13.1. The molecule has 1 atom stereocenters. The number of thiazole rings is 1. The molecule has 0 saturated heterocycles. The molecule has 2 heterocycles. The van der Waals surface area contributed by atoms with Crippen molar-refractivity contribution in [2.24, 2.45) is 4.99 Å². The zero-order valence-corrected chi connectivity index (χ0v) is 14.5. The van der Waals surface area contributed by atoms with Crippen molar-refractivity contribution < 1.29 is 9.13 Å². The maximum Gasteiger partial charge on any atom is 0.190 e. The van der Waals surface area contributed by atoms with Gasteiger partial charge in [-0.05, 0) is 42.6 Å². The monoisotopic (exact) mass is 348 g/mol. The van der Waals surface area contributed by atoms with Crippen molar-refractivity contribution in [1.82, 2.24) is 4.57 Å². The number of aromatic nitrogens is 1. The van der Waals surface area contributed by atoms with Crippen molar-refractivity contribution in [2.75, 3.05) is 13.7 Å². The summed E-state index contributed by atoms with van der Waals surface area (Å²) in [6.07, 6.45) is 0. The van der Waals surface area contributed by atoms with E-state index in [2.05, 4.69) is 33.3 Å². The summed E-state index contributed by atoms with van der Waals surface area (Å²) >= 11 is 3.28. The number of thiophene rings is 1. The Balaban J connectivity index is 2.11. The summed E-state index contributed by atoms with van der Waals surface area (Å²) in [6.45, 7) is 2.71. The predicted molar refractivity (Wildman–Crippen MR) is 93.8 cm³/mol. The highest BCUT2D eigenvalue weighted by atomic mass is 32.1. The van der Waals surface area contributed by atoms with Crippen molar-refractivity contribution in [2.45, 2.75) is 13.0 Å². The Morgan fingerprint density at radius 2 is 2.00 bits per heavy atom. The second kappa shape index (κ2) is 7.21. The molecule has 3 nitrogen and oxygen atoms in total. The highest BCUT2D eigenvalue weighted by Gasteiger charge is 2.14. The van der Waals surface area contributed by atoms with E-state index < -0.39 is 0 Å². The highest BCUT2D eigenvalue weighted by molar-refractivity contribution is 7.14. The molecule has 0 fully saturated rings. The molecule has 0 amide bonds. The minimum absolute atomic E-state index is 0.155. The van der Waals surface area contributed by atoms with Gasteiger partial charge in [0.2, 0.25) is 0 Å². The summed E-state index contributed by atoms with van der Waals surface area (Å²) < 4.78 is 20.6. The number of ether oxygens (including phenoxy) is 1. The first-order valence-electron chi connectivity index (χ1n) is 7.22. The van der Waals surface area contributed by atoms with E-state index in [9.17, 15) is 4.39 Å². The van der Waals surface area contributed by atoms with Gasteiger partial charge < -0.3 is 9.30 Å². The van der Waals surface area contributed by atoms with Crippen LogP contribution in [0.4, 0.5) is 10.1 Å². The Kier molecular flexibility index (Phi) is 5.05. The summed E-state index contributed by atoms with van der Waals surface area (Å²) in [5.74, 6) is -0.255. The average molecular weight is 348 g/mol. The van der Waals surface area contributed by atoms with Crippen LogP contribution < -0.4 is 4.80 Å². The van der Waals surface area contributed by atoms with Crippen LogP contribution in [-0.2, 0) is 4.74 Å². The van der Waals surface area contributed by atoms with E-state index in [1.165, 1.54) is 17.0 Å². The molecular formula is C17H17FN2OS2. The van der Waals surface area contributed by atoms with Gasteiger partial charge in [-0.15, -0.1) is 22.7 Å². The fourth-order valence-corrected chi connectivity index (χ4v) is 4.20. The maximum atomic E-state index is 13.1. The number of hydrogen-bond acceptors (Lipinski definition) is 4. The largest absolute Gasteiger partial charge is 0.383 e. The topological polar surface area (TPSA) is 26.5 Å². The van der Waals surface area contributed by atoms with E-state index in [4.69, 9.17) is 4.74 Å². The third-order valence-electron chi connectivity index (χ3n) is 3.42. The third-order valence-corrected chi connectivity index (χ3v) is 5.15. The van der Waals surface area contributed by atoms with Crippen LogP contribution >= 0.6 is 22.7 Å². The van der Waals surface area contributed by atoms with Crippen LogP contribution in [0.5, 0.6) is 0 Å². The Hall–Kier alpha value is -1.76. The molecule has 0 aliphatic carbocycles. The van der Waals surface area contributed by atoms with Crippen molar-refractivity contribution in [3.05, 3.63) is 57.8 Å². The minimum Gasteiger partial charge on any atom is -0.383 e. The molecule has 120 valence electrons. The van der Waals surface area contributed by atoms with Crippen LogP contribution in [-0.4, -0.2) is 18.3 Å². The lowest BCUT2D eigenvalue weighted by Gasteiger charge is -2.15. The average Bonchev–Trinajstić information content (AvgIpc) is 3.19. The molecule has 0 bridgehead atoms. The van der Waals surface area contributed by atoms with Gasteiger partial charge >= 0.3 is 0 Å². The van der Waals surface area contributed by atoms with Gasteiger partial charge in [0.25, 0.3) is 0 Å². The number of benzene rings is 1. The fraction of sp³-hybridized carbons (Fsp3) is 0.235. The summed E-state index contributed by atoms with van der Waals surface area (Å²) in [4.78, 5) is 6.76. The van der Waals surface area contributed by atoms with E-state index >= 15 is 0 Å². The molecule has 0 saturated carbocycles. The van der Waals surface area contributed by atoms with Crippen molar-refractivity contribution in [3.8, 4) is 10.6 Å². The zero-order valence-electron chi connectivity index (χ0n) is 12.9. The number of halogens is 1. The van der Waals surface area contributed by atoms with Gasteiger partial charge in [-0.25, -0.2) is 9.38 Å². The molecule has 0 aliphatic heterocycles. The van der Waals surface area contributed by atoms with Crippen molar-refractivity contribution in [1.29, 1.82) is 0 Å². The molecule has 0 unspecified atom stereocenters. The van der Waals surface area contributed by atoms with Gasteiger partial charge in [0, 0.05) is 12.5 Å². The quantitative estimate of drug-likeness (QED) is 0.647. The number of rotatable bonds is 5. The van der Waals surface area contributed by atoms with E-state index in [1.807, 2.05) is 6.07 Å². The molecule has 0 spiro atoms. The molecule has 1 aromatic carbocycles. The molecule has 0 aliphatic rings. The number of nitrogens with zero attached hydrogens (tertiary/aromatic N) is 2. The molecule has 6 heteroatoms. The minimum atomic E-state index is -0.255. The smallest absolute Gasteiger partial charge is 0.190 e. The van der Waals surface area contributed by atoms with E-state index in [0.717, 1.165) is 16.2 Å². The van der Waals surface area contributed by atoms with Crippen molar-refractivity contribution >= 4 is 28.4 Å². The molecule has 0 radical (unpaired) electrons. The van der Waals surface area contributed by atoms with Crippen LogP contribution in [0.15, 0.2) is 52.2 Å². The Morgan fingerprint density at radius 1 is 1.22 bits per heavy atom. The van der Waals surface area contributed by atoms with Crippen LogP contribution in [0.3, 0.4) is 0 Å². The van der Waals surface area contributed by atoms with E-state index in [1.54, 1.807) is 41.9 Å². The summed E-state index contributed by atoms with van der Waals surface area (Å²) in [5, 5.41) is 4.18. The first kappa shape index (κ1) is 16.1. The van der Waals surface area contributed by atoms with Gasteiger partial charge in [-0.2, -0.15) is 0 Å².